The number of hydrogen-bond acceptors (Lipinski definition) is 6. The van der Waals surface area contributed by atoms with Crippen LogP contribution in [-0.4, -0.2) is 41.1 Å². The summed E-state index contributed by atoms with van der Waals surface area (Å²) in [6.07, 6.45) is 0.573. The van der Waals surface area contributed by atoms with Crippen molar-refractivity contribution in [1.29, 1.82) is 0 Å². The molecule has 0 aromatic rings. The Morgan fingerprint density at radius 3 is 1.88 bits per heavy atom. The minimum Gasteiger partial charge on any atom is -0.460 e. The molecule has 0 aromatic carbocycles. The van der Waals surface area contributed by atoms with Gasteiger partial charge >= 0.3 is 11.9 Å². The number of ether oxygens (including phenoxy) is 2. The SMILES string of the molecule is CC(C)CC(N)C(=O)NC(CCC(=O)OC(C)(C)C)C(=O)OC(C)(C)C. The van der Waals surface area contributed by atoms with Crippen LogP contribution in [0.15, 0.2) is 0 Å². The second-order valence-corrected chi connectivity index (χ2v) is 8.96. The van der Waals surface area contributed by atoms with Gasteiger partial charge in [-0.2, -0.15) is 0 Å². The second-order valence-electron chi connectivity index (χ2n) is 8.96. The van der Waals surface area contributed by atoms with E-state index in [2.05, 4.69) is 5.32 Å². The Kier molecular flexibility index (Phi) is 9.28. The van der Waals surface area contributed by atoms with E-state index in [0.29, 0.717) is 6.42 Å². The lowest BCUT2D eigenvalue weighted by atomic mass is 10.0. The topological polar surface area (TPSA) is 108 Å². The van der Waals surface area contributed by atoms with Crippen molar-refractivity contribution in [2.24, 2.45) is 11.7 Å². The van der Waals surface area contributed by atoms with Gasteiger partial charge in [0.25, 0.3) is 0 Å². The maximum atomic E-state index is 12.4. The van der Waals surface area contributed by atoms with E-state index in [1.807, 2.05) is 13.8 Å². The number of esters is 2. The summed E-state index contributed by atoms with van der Waals surface area (Å²) in [5.41, 5.74) is 4.57. The second kappa shape index (κ2) is 9.90. The van der Waals surface area contributed by atoms with Gasteiger partial charge in [-0.25, -0.2) is 4.79 Å². The summed E-state index contributed by atoms with van der Waals surface area (Å²) in [4.78, 5) is 36.6. The number of hydrogen-bond donors (Lipinski definition) is 2. The summed E-state index contributed by atoms with van der Waals surface area (Å²) in [6.45, 7) is 14.4. The maximum Gasteiger partial charge on any atom is 0.329 e. The highest BCUT2D eigenvalue weighted by molar-refractivity contribution is 5.87. The number of nitrogens with one attached hydrogen (secondary N) is 1. The van der Waals surface area contributed by atoms with Crippen LogP contribution in [0.5, 0.6) is 0 Å². The van der Waals surface area contributed by atoms with Crippen molar-refractivity contribution < 1.29 is 23.9 Å². The van der Waals surface area contributed by atoms with Crippen molar-refractivity contribution in [2.45, 2.75) is 97.9 Å². The van der Waals surface area contributed by atoms with Crippen LogP contribution < -0.4 is 11.1 Å². The third-order valence-electron chi connectivity index (χ3n) is 3.13. The Morgan fingerprint density at radius 1 is 0.962 bits per heavy atom. The third-order valence-corrected chi connectivity index (χ3v) is 3.13. The number of rotatable bonds is 8. The number of amides is 1. The van der Waals surface area contributed by atoms with E-state index < -0.39 is 41.1 Å². The van der Waals surface area contributed by atoms with E-state index in [0.717, 1.165) is 0 Å². The van der Waals surface area contributed by atoms with Crippen LogP contribution in [0.3, 0.4) is 0 Å². The quantitative estimate of drug-likeness (QED) is 0.633. The lowest BCUT2D eigenvalue weighted by Crippen LogP contribution is -2.50. The fourth-order valence-corrected chi connectivity index (χ4v) is 2.17. The lowest BCUT2D eigenvalue weighted by Gasteiger charge is -2.26. The van der Waals surface area contributed by atoms with Crippen molar-refractivity contribution >= 4 is 17.8 Å². The molecule has 0 aromatic heterocycles. The molecule has 0 fully saturated rings. The van der Waals surface area contributed by atoms with Gasteiger partial charge in [0.05, 0.1) is 6.04 Å². The van der Waals surface area contributed by atoms with Gasteiger partial charge in [0, 0.05) is 6.42 Å². The highest BCUT2D eigenvalue weighted by Crippen LogP contribution is 2.14. The van der Waals surface area contributed by atoms with E-state index >= 15 is 0 Å². The minimum absolute atomic E-state index is 0.0130. The molecule has 26 heavy (non-hydrogen) atoms. The molecule has 0 saturated heterocycles. The molecule has 0 heterocycles. The van der Waals surface area contributed by atoms with Crippen LogP contribution in [-0.2, 0) is 23.9 Å². The Balaban J connectivity index is 4.98. The first-order valence-electron chi connectivity index (χ1n) is 9.11. The number of carbonyl (C=O) groups is 3. The zero-order valence-corrected chi connectivity index (χ0v) is 17.5. The smallest absolute Gasteiger partial charge is 0.329 e. The van der Waals surface area contributed by atoms with Crippen molar-refractivity contribution in [3.63, 3.8) is 0 Å². The molecular formula is C19H36N2O5. The molecule has 7 heteroatoms. The first-order chi connectivity index (χ1) is 11.6. The number of nitrogens with two attached hydrogens (primary N) is 1. The zero-order chi connectivity index (χ0) is 20.7. The first-order valence-corrected chi connectivity index (χ1v) is 9.11. The van der Waals surface area contributed by atoms with Crippen LogP contribution in [0.1, 0.15) is 74.7 Å². The molecule has 3 N–H and O–H groups in total. The van der Waals surface area contributed by atoms with E-state index in [4.69, 9.17) is 15.2 Å². The molecule has 2 atom stereocenters. The summed E-state index contributed by atoms with van der Waals surface area (Å²) in [7, 11) is 0. The molecule has 2 unspecified atom stereocenters. The zero-order valence-electron chi connectivity index (χ0n) is 17.5. The van der Waals surface area contributed by atoms with Gasteiger partial charge < -0.3 is 20.5 Å². The van der Waals surface area contributed by atoms with Gasteiger partial charge in [0.2, 0.25) is 5.91 Å². The predicted molar refractivity (Wildman–Crippen MR) is 100 cm³/mol. The Hall–Kier alpha value is -1.63. The van der Waals surface area contributed by atoms with Gasteiger partial charge in [0.15, 0.2) is 0 Å². The minimum atomic E-state index is -0.951. The molecule has 0 aliphatic rings. The van der Waals surface area contributed by atoms with Crippen LogP contribution in [0.4, 0.5) is 0 Å². The van der Waals surface area contributed by atoms with Crippen molar-refractivity contribution in [2.75, 3.05) is 0 Å². The number of carbonyl (C=O) groups excluding carboxylic acids is 3. The van der Waals surface area contributed by atoms with E-state index in [1.165, 1.54) is 0 Å². The molecule has 0 spiro atoms. The molecule has 0 saturated carbocycles. The van der Waals surface area contributed by atoms with Gasteiger partial charge in [-0.1, -0.05) is 13.8 Å². The highest BCUT2D eigenvalue weighted by atomic mass is 16.6. The standard InChI is InChI=1S/C19H36N2O5/c1-12(2)11-13(20)16(23)21-14(17(24)26-19(6,7)8)9-10-15(22)25-18(3,4)5/h12-14H,9-11,20H2,1-8H3,(H,21,23). The normalized spacial score (nSPS) is 14.5. The van der Waals surface area contributed by atoms with Gasteiger partial charge in [-0.05, 0) is 60.3 Å². The van der Waals surface area contributed by atoms with Crippen LogP contribution >= 0.6 is 0 Å². The Bertz CT molecular complexity index is 489. The lowest BCUT2D eigenvalue weighted by molar-refractivity contribution is -0.160. The van der Waals surface area contributed by atoms with E-state index in [9.17, 15) is 14.4 Å². The largest absolute Gasteiger partial charge is 0.460 e. The molecular weight excluding hydrogens is 336 g/mol. The van der Waals surface area contributed by atoms with E-state index in [-0.39, 0.29) is 18.8 Å². The molecule has 0 bridgehead atoms. The van der Waals surface area contributed by atoms with Crippen LogP contribution in [0.25, 0.3) is 0 Å². The summed E-state index contributed by atoms with van der Waals surface area (Å²) < 4.78 is 10.6. The van der Waals surface area contributed by atoms with Crippen molar-refractivity contribution in [3.05, 3.63) is 0 Å². The fraction of sp³-hybridized carbons (Fsp3) is 0.842. The molecule has 0 radical (unpaired) electrons. The highest BCUT2D eigenvalue weighted by Gasteiger charge is 2.29. The molecule has 0 aliphatic carbocycles. The predicted octanol–water partition coefficient (Wildman–Crippen LogP) is 2.31. The summed E-state index contributed by atoms with van der Waals surface area (Å²) in [5.74, 6) is -1.21. The van der Waals surface area contributed by atoms with Gasteiger partial charge in [-0.15, -0.1) is 0 Å². The Morgan fingerprint density at radius 2 is 1.46 bits per heavy atom. The van der Waals surface area contributed by atoms with Crippen molar-refractivity contribution in [1.82, 2.24) is 5.32 Å². The maximum absolute atomic E-state index is 12.4. The van der Waals surface area contributed by atoms with Crippen LogP contribution in [0.2, 0.25) is 0 Å². The van der Waals surface area contributed by atoms with Gasteiger partial charge in [0.1, 0.15) is 17.2 Å². The summed E-state index contributed by atoms with van der Waals surface area (Å²) in [6, 6.07) is -1.67. The summed E-state index contributed by atoms with van der Waals surface area (Å²) >= 11 is 0. The van der Waals surface area contributed by atoms with E-state index in [1.54, 1.807) is 41.5 Å². The van der Waals surface area contributed by atoms with Crippen LogP contribution in [0, 0.1) is 5.92 Å². The molecule has 1 amide bonds. The van der Waals surface area contributed by atoms with Crippen molar-refractivity contribution in [3.8, 4) is 0 Å². The molecule has 0 rings (SSSR count). The van der Waals surface area contributed by atoms with Gasteiger partial charge in [-0.3, -0.25) is 9.59 Å². The molecule has 152 valence electrons. The average molecular weight is 373 g/mol. The first kappa shape index (κ1) is 24.4. The summed E-state index contributed by atoms with van der Waals surface area (Å²) in [5, 5.41) is 2.62. The average Bonchev–Trinajstić information content (AvgIpc) is 2.38. The Labute approximate surface area is 157 Å². The molecule has 7 nitrogen and oxygen atoms in total. The molecule has 0 aliphatic heterocycles. The monoisotopic (exact) mass is 372 g/mol. The third kappa shape index (κ3) is 11.8. The fourth-order valence-electron chi connectivity index (χ4n) is 2.17.